The van der Waals surface area contributed by atoms with Crippen LogP contribution in [0.3, 0.4) is 0 Å². The Balaban J connectivity index is 1.19. The first kappa shape index (κ1) is 21.1. The van der Waals surface area contributed by atoms with Crippen LogP contribution in [0.25, 0.3) is 11.0 Å². The Morgan fingerprint density at radius 1 is 0.879 bits per heavy atom. The molecular weight excluding hydrogens is 434 g/mol. The van der Waals surface area contributed by atoms with Crippen LogP contribution in [-0.2, 0) is 0 Å². The van der Waals surface area contributed by atoms with Gasteiger partial charge >= 0.3 is 0 Å². The van der Waals surface area contributed by atoms with Crippen LogP contribution >= 0.6 is 11.7 Å². The number of nitrogens with one attached hydrogen (secondary N) is 1. The summed E-state index contributed by atoms with van der Waals surface area (Å²) in [7, 11) is 0. The summed E-state index contributed by atoms with van der Waals surface area (Å²) in [6.45, 7) is 4.87. The number of anilines is 2. The summed E-state index contributed by atoms with van der Waals surface area (Å²) in [5.74, 6) is -0.0848. The summed E-state index contributed by atoms with van der Waals surface area (Å²) in [6, 6.07) is 20.8. The van der Waals surface area contributed by atoms with Gasteiger partial charge in [0, 0.05) is 48.7 Å². The molecule has 1 fully saturated rings. The first-order valence-corrected chi connectivity index (χ1v) is 11.5. The molecule has 5 rings (SSSR count). The maximum Gasteiger partial charge on any atom is 0.255 e. The van der Waals surface area contributed by atoms with E-state index in [0.29, 0.717) is 18.7 Å². The number of hydrogen-bond donors (Lipinski definition) is 1. The highest BCUT2D eigenvalue weighted by atomic mass is 32.1. The van der Waals surface area contributed by atoms with Gasteiger partial charge in [0.25, 0.3) is 11.8 Å². The minimum atomic E-state index is -0.180. The van der Waals surface area contributed by atoms with Crippen molar-refractivity contribution in [1.29, 1.82) is 0 Å². The molecule has 1 N–H and O–H groups in total. The SMILES string of the molecule is Cc1ccccc1C(=O)N1CCN(c2ccc(NC(=O)c3ccc4nsnc4c3)cc2)CC1. The molecule has 166 valence electrons. The largest absolute Gasteiger partial charge is 0.368 e. The summed E-state index contributed by atoms with van der Waals surface area (Å²) in [4.78, 5) is 29.6. The van der Waals surface area contributed by atoms with E-state index in [-0.39, 0.29) is 11.8 Å². The molecular formula is C25H23N5O2S. The third-order valence-electron chi connectivity index (χ3n) is 5.95. The van der Waals surface area contributed by atoms with Crippen molar-refractivity contribution in [3.8, 4) is 0 Å². The van der Waals surface area contributed by atoms with E-state index in [1.165, 1.54) is 0 Å². The maximum atomic E-state index is 12.8. The molecule has 1 aliphatic rings. The lowest BCUT2D eigenvalue weighted by atomic mass is 10.1. The van der Waals surface area contributed by atoms with Gasteiger partial charge in [-0.15, -0.1) is 0 Å². The van der Waals surface area contributed by atoms with Crippen LogP contribution in [0.2, 0.25) is 0 Å². The second-order valence-electron chi connectivity index (χ2n) is 8.06. The molecule has 1 aliphatic heterocycles. The first-order chi connectivity index (χ1) is 16.1. The molecule has 0 radical (unpaired) electrons. The molecule has 0 unspecified atom stereocenters. The van der Waals surface area contributed by atoms with E-state index in [1.807, 2.05) is 60.4 Å². The Hall–Kier alpha value is -3.78. The van der Waals surface area contributed by atoms with Gasteiger partial charge in [0.1, 0.15) is 11.0 Å². The predicted octanol–water partition coefficient (Wildman–Crippen LogP) is 4.21. The Kier molecular flexibility index (Phi) is 5.75. The van der Waals surface area contributed by atoms with Crippen molar-refractivity contribution in [2.45, 2.75) is 6.92 Å². The van der Waals surface area contributed by atoms with Gasteiger partial charge in [0.05, 0.1) is 11.7 Å². The summed E-state index contributed by atoms with van der Waals surface area (Å²) >= 11 is 1.14. The number of aryl methyl sites for hydroxylation is 1. The summed E-state index contributed by atoms with van der Waals surface area (Å²) < 4.78 is 8.35. The van der Waals surface area contributed by atoms with Crippen molar-refractivity contribution in [1.82, 2.24) is 13.6 Å². The van der Waals surface area contributed by atoms with Crippen molar-refractivity contribution < 1.29 is 9.59 Å². The Morgan fingerprint density at radius 2 is 1.61 bits per heavy atom. The monoisotopic (exact) mass is 457 g/mol. The number of carbonyl (C=O) groups is 2. The minimum Gasteiger partial charge on any atom is -0.368 e. The third kappa shape index (κ3) is 4.42. The van der Waals surface area contributed by atoms with Crippen LogP contribution in [0.4, 0.5) is 11.4 Å². The normalized spacial score (nSPS) is 13.8. The maximum absolute atomic E-state index is 12.8. The lowest BCUT2D eigenvalue weighted by Gasteiger charge is -2.36. The molecule has 1 saturated heterocycles. The van der Waals surface area contributed by atoms with Crippen molar-refractivity contribution in [2.24, 2.45) is 0 Å². The van der Waals surface area contributed by atoms with Crippen molar-refractivity contribution >= 4 is 46.0 Å². The van der Waals surface area contributed by atoms with E-state index in [2.05, 4.69) is 19.0 Å². The van der Waals surface area contributed by atoms with Crippen LogP contribution in [0.1, 0.15) is 26.3 Å². The van der Waals surface area contributed by atoms with Gasteiger partial charge in [-0.05, 0) is 61.0 Å². The first-order valence-electron chi connectivity index (χ1n) is 10.8. The van der Waals surface area contributed by atoms with Crippen LogP contribution in [0.15, 0.2) is 66.7 Å². The van der Waals surface area contributed by atoms with E-state index in [9.17, 15) is 9.59 Å². The fraction of sp³-hybridized carbons (Fsp3) is 0.200. The Morgan fingerprint density at radius 3 is 2.36 bits per heavy atom. The van der Waals surface area contributed by atoms with E-state index in [1.54, 1.807) is 18.2 Å². The summed E-state index contributed by atoms with van der Waals surface area (Å²) in [6.07, 6.45) is 0. The fourth-order valence-electron chi connectivity index (χ4n) is 4.03. The number of fused-ring (bicyclic) bond motifs is 1. The van der Waals surface area contributed by atoms with Gasteiger partial charge in [-0.3, -0.25) is 9.59 Å². The number of aromatic nitrogens is 2. The molecule has 0 spiro atoms. The molecule has 2 heterocycles. The summed E-state index contributed by atoms with van der Waals surface area (Å²) in [5, 5.41) is 2.94. The van der Waals surface area contributed by atoms with Crippen LogP contribution in [-0.4, -0.2) is 51.6 Å². The molecule has 0 atom stereocenters. The molecule has 1 aromatic heterocycles. The molecule has 33 heavy (non-hydrogen) atoms. The number of benzene rings is 3. The van der Waals surface area contributed by atoms with E-state index in [0.717, 1.165) is 58.4 Å². The number of rotatable bonds is 4. The average Bonchev–Trinajstić information content (AvgIpc) is 3.33. The second kappa shape index (κ2) is 8.99. The minimum absolute atomic E-state index is 0.0948. The fourth-order valence-corrected chi connectivity index (χ4v) is 4.55. The average molecular weight is 458 g/mol. The highest BCUT2D eigenvalue weighted by Gasteiger charge is 2.23. The zero-order chi connectivity index (χ0) is 22.8. The highest BCUT2D eigenvalue weighted by Crippen LogP contribution is 2.22. The molecule has 2 amide bonds. The highest BCUT2D eigenvalue weighted by molar-refractivity contribution is 7.00. The number of amides is 2. The molecule has 0 aliphatic carbocycles. The van der Waals surface area contributed by atoms with Crippen molar-refractivity contribution in [2.75, 3.05) is 36.4 Å². The van der Waals surface area contributed by atoms with Crippen LogP contribution in [0, 0.1) is 6.92 Å². The van der Waals surface area contributed by atoms with Crippen LogP contribution < -0.4 is 10.2 Å². The molecule has 3 aromatic carbocycles. The number of hydrogen-bond acceptors (Lipinski definition) is 6. The van der Waals surface area contributed by atoms with Gasteiger partial charge in [-0.1, -0.05) is 18.2 Å². The number of carbonyl (C=O) groups excluding carboxylic acids is 2. The van der Waals surface area contributed by atoms with Gasteiger partial charge in [0.2, 0.25) is 0 Å². The van der Waals surface area contributed by atoms with E-state index >= 15 is 0 Å². The number of piperazine rings is 1. The van der Waals surface area contributed by atoms with Gasteiger partial charge < -0.3 is 15.1 Å². The quantitative estimate of drug-likeness (QED) is 0.497. The van der Waals surface area contributed by atoms with Crippen LogP contribution in [0.5, 0.6) is 0 Å². The van der Waals surface area contributed by atoms with E-state index in [4.69, 9.17) is 0 Å². The zero-order valence-electron chi connectivity index (χ0n) is 18.2. The summed E-state index contributed by atoms with van der Waals surface area (Å²) in [5.41, 5.74) is 5.65. The zero-order valence-corrected chi connectivity index (χ0v) is 19.0. The Labute approximate surface area is 196 Å². The molecule has 7 nitrogen and oxygen atoms in total. The third-order valence-corrected chi connectivity index (χ3v) is 6.51. The van der Waals surface area contributed by atoms with E-state index < -0.39 is 0 Å². The lowest BCUT2D eigenvalue weighted by molar-refractivity contribution is 0.0746. The van der Waals surface area contributed by atoms with Crippen molar-refractivity contribution in [3.63, 3.8) is 0 Å². The molecule has 0 saturated carbocycles. The van der Waals surface area contributed by atoms with Gasteiger partial charge in [0.15, 0.2) is 0 Å². The molecule has 8 heteroatoms. The smallest absolute Gasteiger partial charge is 0.255 e. The molecule has 4 aromatic rings. The van der Waals surface area contributed by atoms with Crippen molar-refractivity contribution in [3.05, 3.63) is 83.4 Å². The van der Waals surface area contributed by atoms with Gasteiger partial charge in [-0.2, -0.15) is 8.75 Å². The lowest BCUT2D eigenvalue weighted by Crippen LogP contribution is -2.48. The Bertz CT molecular complexity index is 1310. The standard InChI is InChI=1S/C25H23N5O2S/c1-17-4-2-3-5-21(17)25(32)30-14-12-29(13-15-30)20-9-7-19(8-10-20)26-24(31)18-6-11-22-23(16-18)28-33-27-22/h2-11,16H,12-15H2,1H3,(H,26,31). The number of nitrogens with zero attached hydrogens (tertiary/aromatic N) is 4. The van der Waals surface area contributed by atoms with Gasteiger partial charge in [-0.25, -0.2) is 0 Å². The topological polar surface area (TPSA) is 78.4 Å². The predicted molar refractivity (Wildman–Crippen MR) is 131 cm³/mol. The second-order valence-corrected chi connectivity index (χ2v) is 8.59. The molecule has 0 bridgehead atoms.